The molecule has 0 saturated carbocycles. The molecule has 0 spiro atoms. The van der Waals surface area contributed by atoms with E-state index in [1.807, 2.05) is 18.0 Å². The third kappa shape index (κ3) is 5.75. The third-order valence-electron chi connectivity index (χ3n) is 6.60. The molecular formula is C27H30F2N4O3S. The minimum Gasteiger partial charge on any atom is -0.508 e. The highest BCUT2D eigenvalue weighted by molar-refractivity contribution is 7.97. The number of phenolic OH excluding ortho intramolecular Hbond substituents is 1. The van der Waals surface area contributed by atoms with Gasteiger partial charge in [0, 0.05) is 43.9 Å². The lowest BCUT2D eigenvalue weighted by Gasteiger charge is -2.36. The van der Waals surface area contributed by atoms with Crippen LogP contribution in [0.1, 0.15) is 31.4 Å². The first kappa shape index (κ1) is 25.5. The van der Waals surface area contributed by atoms with Crippen molar-refractivity contribution >= 4 is 17.6 Å². The molecule has 1 N–H and O–H groups in total. The first-order valence-corrected chi connectivity index (χ1v) is 13.3. The molecule has 0 amide bonds. The summed E-state index contributed by atoms with van der Waals surface area (Å²) in [6.07, 6.45) is 3.26. The Morgan fingerprint density at radius 1 is 1.05 bits per heavy atom. The number of halogens is 2. The fourth-order valence-electron chi connectivity index (χ4n) is 4.92. The molecule has 2 aliphatic rings. The Balaban J connectivity index is 1.48. The van der Waals surface area contributed by atoms with Crippen molar-refractivity contribution in [3.63, 3.8) is 0 Å². The van der Waals surface area contributed by atoms with Crippen LogP contribution in [0, 0.1) is 11.6 Å². The van der Waals surface area contributed by atoms with Crippen LogP contribution in [-0.4, -0.2) is 56.7 Å². The highest BCUT2D eigenvalue weighted by Gasteiger charge is 2.28. The summed E-state index contributed by atoms with van der Waals surface area (Å²) in [6, 6.07) is 8.22. The predicted molar refractivity (Wildman–Crippen MR) is 141 cm³/mol. The molecule has 2 heterocycles. The van der Waals surface area contributed by atoms with Crippen molar-refractivity contribution in [3.8, 4) is 17.2 Å². The molecule has 1 saturated heterocycles. The lowest BCUT2D eigenvalue weighted by atomic mass is 9.89. The van der Waals surface area contributed by atoms with Gasteiger partial charge in [-0.15, -0.1) is 0 Å². The molecule has 1 fully saturated rings. The Kier molecular flexibility index (Phi) is 7.39. The number of ether oxygens (including phenoxy) is 1. The second-order valence-corrected chi connectivity index (χ2v) is 11.4. The number of hydrogen-bond donors (Lipinski definition) is 1. The lowest BCUT2D eigenvalue weighted by molar-refractivity contribution is 0.181. The maximum atomic E-state index is 13.9. The van der Waals surface area contributed by atoms with Gasteiger partial charge < -0.3 is 14.7 Å². The van der Waals surface area contributed by atoms with E-state index in [-0.39, 0.29) is 23.3 Å². The summed E-state index contributed by atoms with van der Waals surface area (Å²) in [5.41, 5.74) is 2.14. The van der Waals surface area contributed by atoms with Crippen LogP contribution in [0.2, 0.25) is 0 Å². The molecule has 3 aromatic rings. The summed E-state index contributed by atoms with van der Waals surface area (Å²) in [5.74, 6) is -1.27. The molecule has 10 heteroatoms. The van der Waals surface area contributed by atoms with Gasteiger partial charge in [-0.05, 0) is 48.2 Å². The number of aromatic nitrogens is 2. The van der Waals surface area contributed by atoms with E-state index < -0.39 is 17.2 Å². The fourth-order valence-corrected chi connectivity index (χ4v) is 5.89. The number of rotatable bonds is 6. The zero-order valence-corrected chi connectivity index (χ0v) is 21.7. The largest absolute Gasteiger partial charge is 0.508 e. The van der Waals surface area contributed by atoms with Crippen molar-refractivity contribution in [3.05, 3.63) is 75.7 Å². The van der Waals surface area contributed by atoms with Crippen LogP contribution >= 0.6 is 11.9 Å². The number of hydrogen-bond acceptors (Lipinski definition) is 7. The number of anilines is 1. The van der Waals surface area contributed by atoms with E-state index >= 15 is 0 Å². The molecular weight excluding hydrogens is 498 g/mol. The van der Waals surface area contributed by atoms with Crippen molar-refractivity contribution in [2.45, 2.75) is 44.5 Å². The minimum atomic E-state index is -0.794. The number of nitrogens with zero attached hydrogens (tertiary/aromatic N) is 4. The van der Waals surface area contributed by atoms with E-state index in [4.69, 9.17) is 4.74 Å². The van der Waals surface area contributed by atoms with Crippen LogP contribution in [-0.2, 0) is 12.8 Å². The molecule has 2 aromatic carbocycles. The zero-order valence-electron chi connectivity index (χ0n) is 20.9. The first-order chi connectivity index (χ1) is 17.8. The minimum absolute atomic E-state index is 0.00374. The summed E-state index contributed by atoms with van der Waals surface area (Å²) in [6.45, 7) is 7.33. The topological polar surface area (TPSA) is 70.8 Å². The van der Waals surface area contributed by atoms with Gasteiger partial charge in [-0.3, -0.25) is 4.79 Å². The normalized spacial score (nSPS) is 18.2. The zero-order chi connectivity index (χ0) is 26.1. The number of aromatic hydroxyl groups is 1. The molecule has 196 valence electrons. The van der Waals surface area contributed by atoms with Crippen LogP contribution in [0.4, 0.5) is 14.5 Å². The standard InChI is InChI=1S/C27H30F2N4O3S/c1-17(2)37-32-9-7-31(8-10-32)25-16-30-33(22-14-20(28)13-21(29)15-22)27(35)26(25)36-24-6-4-18-3-5-23(34)11-19(18)12-24/h3,5,11,13-17,24,34H,4,6-10,12H2,1-2H3. The Bertz CT molecular complexity index is 1320. The van der Waals surface area contributed by atoms with Crippen molar-refractivity contribution in [2.75, 3.05) is 31.1 Å². The van der Waals surface area contributed by atoms with E-state index in [1.165, 1.54) is 0 Å². The highest BCUT2D eigenvalue weighted by atomic mass is 32.2. The molecule has 7 nitrogen and oxygen atoms in total. The first-order valence-electron chi connectivity index (χ1n) is 12.5. The van der Waals surface area contributed by atoms with E-state index in [9.17, 15) is 18.7 Å². The summed E-state index contributed by atoms with van der Waals surface area (Å²) in [4.78, 5) is 15.8. The average Bonchev–Trinajstić information content (AvgIpc) is 2.84. The summed E-state index contributed by atoms with van der Waals surface area (Å²) < 4.78 is 37.6. The molecule has 5 rings (SSSR count). The van der Waals surface area contributed by atoms with Crippen molar-refractivity contribution < 1.29 is 18.6 Å². The molecule has 0 radical (unpaired) electrons. The Morgan fingerprint density at radius 3 is 2.49 bits per heavy atom. The summed E-state index contributed by atoms with van der Waals surface area (Å²) in [7, 11) is 0. The SMILES string of the molecule is CC(C)SN1CCN(c2cnn(-c3cc(F)cc(F)c3)c(=O)c2OC2CCc3ccc(O)cc3C2)CC1. The van der Waals surface area contributed by atoms with Gasteiger partial charge in [0.15, 0.2) is 0 Å². The van der Waals surface area contributed by atoms with Gasteiger partial charge in [0.1, 0.15) is 29.2 Å². The number of benzene rings is 2. The van der Waals surface area contributed by atoms with E-state index in [0.29, 0.717) is 36.9 Å². The van der Waals surface area contributed by atoms with E-state index in [0.717, 1.165) is 53.5 Å². The fraction of sp³-hybridized carbons (Fsp3) is 0.407. The maximum absolute atomic E-state index is 13.9. The Labute approximate surface area is 218 Å². The number of aryl methyl sites for hydroxylation is 1. The smallest absolute Gasteiger partial charge is 0.316 e. The van der Waals surface area contributed by atoms with Crippen LogP contribution in [0.5, 0.6) is 11.5 Å². The second kappa shape index (κ2) is 10.7. The van der Waals surface area contributed by atoms with Crippen LogP contribution in [0.3, 0.4) is 0 Å². The van der Waals surface area contributed by atoms with Gasteiger partial charge in [0.05, 0.1) is 11.9 Å². The van der Waals surface area contributed by atoms with Gasteiger partial charge in [-0.1, -0.05) is 31.9 Å². The van der Waals surface area contributed by atoms with Gasteiger partial charge in [-0.2, -0.15) is 9.78 Å². The summed E-state index contributed by atoms with van der Waals surface area (Å²) >= 11 is 1.81. The molecule has 37 heavy (non-hydrogen) atoms. The lowest BCUT2D eigenvalue weighted by Crippen LogP contribution is -2.45. The predicted octanol–water partition coefficient (Wildman–Crippen LogP) is 4.33. The van der Waals surface area contributed by atoms with E-state index in [2.05, 4.69) is 28.2 Å². The maximum Gasteiger partial charge on any atom is 0.316 e. The van der Waals surface area contributed by atoms with Crippen LogP contribution in [0.15, 0.2) is 47.4 Å². The molecule has 0 bridgehead atoms. The van der Waals surface area contributed by atoms with Gasteiger partial charge in [0.2, 0.25) is 5.75 Å². The molecule has 1 aliphatic heterocycles. The third-order valence-corrected chi connectivity index (χ3v) is 7.69. The molecule has 1 unspecified atom stereocenters. The number of phenols is 1. The second-order valence-electron chi connectivity index (χ2n) is 9.71. The summed E-state index contributed by atoms with van der Waals surface area (Å²) in [5, 5.41) is 14.7. The quantitative estimate of drug-likeness (QED) is 0.478. The molecule has 1 aliphatic carbocycles. The van der Waals surface area contributed by atoms with Crippen molar-refractivity contribution in [1.82, 2.24) is 14.1 Å². The number of fused-ring (bicyclic) bond motifs is 1. The Morgan fingerprint density at radius 2 is 1.78 bits per heavy atom. The van der Waals surface area contributed by atoms with Crippen molar-refractivity contribution in [1.29, 1.82) is 0 Å². The van der Waals surface area contributed by atoms with Crippen LogP contribution < -0.4 is 15.2 Å². The van der Waals surface area contributed by atoms with Gasteiger partial charge in [0.25, 0.3) is 0 Å². The van der Waals surface area contributed by atoms with Gasteiger partial charge in [-0.25, -0.2) is 13.1 Å². The highest BCUT2D eigenvalue weighted by Crippen LogP contribution is 2.32. The molecule has 1 aromatic heterocycles. The van der Waals surface area contributed by atoms with Crippen molar-refractivity contribution in [2.24, 2.45) is 0 Å². The van der Waals surface area contributed by atoms with Crippen LogP contribution in [0.25, 0.3) is 5.69 Å². The number of piperazine rings is 1. The van der Waals surface area contributed by atoms with E-state index in [1.54, 1.807) is 18.3 Å². The Hall–Kier alpha value is -3.11. The molecule has 1 atom stereocenters. The van der Waals surface area contributed by atoms with Gasteiger partial charge >= 0.3 is 5.56 Å². The average molecular weight is 529 g/mol. The monoisotopic (exact) mass is 528 g/mol.